The van der Waals surface area contributed by atoms with Gasteiger partial charge in [-0.05, 0) is 0 Å². The monoisotopic (exact) mass is 192 g/mol. The van der Waals surface area contributed by atoms with Gasteiger partial charge in [-0.1, -0.05) is 0 Å². The summed E-state index contributed by atoms with van der Waals surface area (Å²) in [5.74, 6) is 0. The Morgan fingerprint density at radius 1 is 1.50 bits per heavy atom. The van der Waals surface area contributed by atoms with E-state index in [0.29, 0.717) is 5.41 Å². The van der Waals surface area contributed by atoms with Crippen molar-refractivity contribution in [3.8, 4) is 0 Å². The van der Waals surface area contributed by atoms with Gasteiger partial charge in [0.15, 0.2) is 0 Å². The van der Waals surface area contributed by atoms with Crippen LogP contribution in [0.3, 0.4) is 0 Å². The molecule has 0 unspecified atom stereocenters. The molecule has 0 aliphatic carbocycles. The number of nitrogens with one attached hydrogen (secondary N) is 1. The van der Waals surface area contributed by atoms with Gasteiger partial charge < -0.3 is 5.32 Å². The first-order chi connectivity index (χ1) is 6.76. The average molecular weight is 192 g/mol. The van der Waals surface area contributed by atoms with Crippen LogP contribution in [0.15, 0.2) is 12.4 Å². The second kappa shape index (κ2) is 2.81. The van der Waals surface area contributed by atoms with E-state index in [0.717, 1.165) is 6.54 Å². The Morgan fingerprint density at radius 2 is 2.29 bits per heavy atom. The Balaban J connectivity index is 1.55. The summed E-state index contributed by atoms with van der Waals surface area (Å²) in [7, 11) is 1.97. The van der Waals surface area contributed by atoms with E-state index in [-0.39, 0.29) is 0 Å². The van der Waals surface area contributed by atoms with E-state index < -0.39 is 0 Å². The fraction of sp³-hybridized carbons (Fsp3) is 0.700. The van der Waals surface area contributed by atoms with Crippen molar-refractivity contribution < 1.29 is 0 Å². The van der Waals surface area contributed by atoms with E-state index in [4.69, 9.17) is 0 Å². The predicted octanol–water partition coefficient (Wildman–Crippen LogP) is -0.175. The molecule has 0 saturated carbocycles. The minimum absolute atomic E-state index is 0.641. The maximum atomic E-state index is 4.18. The number of hydrogen-bond donors (Lipinski definition) is 1. The van der Waals surface area contributed by atoms with Crippen molar-refractivity contribution in [2.24, 2.45) is 12.5 Å². The number of nitrogens with zero attached hydrogens (tertiary/aromatic N) is 3. The summed E-state index contributed by atoms with van der Waals surface area (Å²) in [4.78, 5) is 2.50. The lowest BCUT2D eigenvalue weighted by Crippen LogP contribution is -2.70. The Labute approximate surface area is 83.9 Å². The molecule has 2 aliphatic heterocycles. The third kappa shape index (κ3) is 1.26. The van der Waals surface area contributed by atoms with Crippen molar-refractivity contribution in [3.05, 3.63) is 18.0 Å². The molecule has 2 saturated heterocycles. The molecule has 0 amide bonds. The van der Waals surface area contributed by atoms with Crippen molar-refractivity contribution in [1.82, 2.24) is 20.0 Å². The van der Waals surface area contributed by atoms with Crippen molar-refractivity contribution in [3.63, 3.8) is 0 Å². The summed E-state index contributed by atoms with van der Waals surface area (Å²) in [6.45, 7) is 6.02. The summed E-state index contributed by atoms with van der Waals surface area (Å²) < 4.78 is 1.87. The maximum absolute atomic E-state index is 4.18. The average Bonchev–Trinajstić information content (AvgIpc) is 2.39. The summed E-state index contributed by atoms with van der Waals surface area (Å²) in [6.07, 6.45) is 4.06. The molecule has 2 fully saturated rings. The fourth-order valence-corrected chi connectivity index (χ4v) is 2.53. The van der Waals surface area contributed by atoms with Crippen LogP contribution in [0.4, 0.5) is 0 Å². The molecule has 3 heterocycles. The van der Waals surface area contributed by atoms with Crippen molar-refractivity contribution in [2.75, 3.05) is 26.2 Å². The highest BCUT2D eigenvalue weighted by atomic mass is 15.3. The standard InChI is InChI=1S/C10H16N4/c1-13-3-9(2-12-13)4-14-7-10(8-14)5-11-6-10/h2-3,11H,4-8H2,1H3. The first-order valence-corrected chi connectivity index (χ1v) is 5.16. The zero-order valence-corrected chi connectivity index (χ0v) is 8.53. The zero-order chi connectivity index (χ0) is 9.60. The van der Waals surface area contributed by atoms with Gasteiger partial charge in [-0.25, -0.2) is 0 Å². The van der Waals surface area contributed by atoms with Gasteiger partial charge in [0.25, 0.3) is 0 Å². The highest BCUT2D eigenvalue weighted by Gasteiger charge is 2.47. The first kappa shape index (κ1) is 8.44. The lowest BCUT2D eigenvalue weighted by molar-refractivity contribution is -0.0444. The van der Waals surface area contributed by atoms with Crippen LogP contribution >= 0.6 is 0 Å². The van der Waals surface area contributed by atoms with Crippen LogP contribution in [0.1, 0.15) is 5.56 Å². The van der Waals surface area contributed by atoms with Gasteiger partial charge in [-0.15, -0.1) is 0 Å². The van der Waals surface area contributed by atoms with E-state index in [1.165, 1.54) is 31.7 Å². The van der Waals surface area contributed by atoms with Gasteiger partial charge in [-0.3, -0.25) is 9.58 Å². The van der Waals surface area contributed by atoms with Gasteiger partial charge in [0.05, 0.1) is 6.20 Å². The molecule has 0 bridgehead atoms. The van der Waals surface area contributed by atoms with Crippen molar-refractivity contribution in [1.29, 1.82) is 0 Å². The number of aryl methyl sites for hydroxylation is 1. The van der Waals surface area contributed by atoms with E-state index in [9.17, 15) is 0 Å². The topological polar surface area (TPSA) is 33.1 Å². The molecular formula is C10H16N4. The first-order valence-electron chi connectivity index (χ1n) is 5.16. The Morgan fingerprint density at radius 3 is 2.79 bits per heavy atom. The highest BCUT2D eigenvalue weighted by molar-refractivity contribution is 5.09. The van der Waals surface area contributed by atoms with Crippen LogP contribution in [0.25, 0.3) is 0 Å². The van der Waals surface area contributed by atoms with Crippen LogP contribution in [-0.2, 0) is 13.6 Å². The molecule has 1 aromatic rings. The van der Waals surface area contributed by atoms with Gasteiger partial charge >= 0.3 is 0 Å². The van der Waals surface area contributed by atoms with Crippen molar-refractivity contribution in [2.45, 2.75) is 6.54 Å². The third-order valence-electron chi connectivity index (χ3n) is 3.28. The smallest absolute Gasteiger partial charge is 0.0534 e. The molecule has 1 N–H and O–H groups in total. The van der Waals surface area contributed by atoms with E-state index in [1.54, 1.807) is 0 Å². The molecule has 2 aliphatic rings. The van der Waals surface area contributed by atoms with Crippen LogP contribution in [0.2, 0.25) is 0 Å². The number of aromatic nitrogens is 2. The second-order valence-electron chi connectivity index (χ2n) is 4.77. The van der Waals surface area contributed by atoms with Gasteiger partial charge in [0, 0.05) is 56.9 Å². The molecule has 0 aromatic carbocycles. The summed E-state index contributed by atoms with van der Waals surface area (Å²) in [5.41, 5.74) is 1.97. The molecule has 76 valence electrons. The van der Waals surface area contributed by atoms with Crippen LogP contribution in [-0.4, -0.2) is 40.9 Å². The van der Waals surface area contributed by atoms with E-state index in [2.05, 4.69) is 21.5 Å². The Bertz CT molecular complexity index is 332. The van der Waals surface area contributed by atoms with Crippen molar-refractivity contribution >= 4 is 0 Å². The minimum Gasteiger partial charge on any atom is -0.315 e. The largest absolute Gasteiger partial charge is 0.315 e. The van der Waals surface area contributed by atoms with Gasteiger partial charge in [-0.2, -0.15) is 5.10 Å². The number of likely N-dealkylation sites (tertiary alicyclic amines) is 1. The highest BCUT2D eigenvalue weighted by Crippen LogP contribution is 2.34. The summed E-state index contributed by atoms with van der Waals surface area (Å²) >= 11 is 0. The molecule has 4 nitrogen and oxygen atoms in total. The lowest BCUT2D eigenvalue weighted by atomic mass is 9.74. The fourth-order valence-electron chi connectivity index (χ4n) is 2.53. The number of hydrogen-bond acceptors (Lipinski definition) is 3. The van der Waals surface area contributed by atoms with Crippen LogP contribution < -0.4 is 5.32 Å². The van der Waals surface area contributed by atoms with Gasteiger partial charge in [0.2, 0.25) is 0 Å². The predicted molar refractivity (Wildman–Crippen MR) is 53.8 cm³/mol. The molecule has 1 aromatic heterocycles. The molecule has 3 rings (SSSR count). The second-order valence-corrected chi connectivity index (χ2v) is 4.77. The van der Waals surface area contributed by atoms with Crippen LogP contribution in [0.5, 0.6) is 0 Å². The molecule has 4 heteroatoms. The zero-order valence-electron chi connectivity index (χ0n) is 8.53. The molecule has 0 radical (unpaired) electrons. The summed E-state index contributed by atoms with van der Waals surface area (Å²) in [6, 6.07) is 0. The minimum atomic E-state index is 0.641. The molecule has 1 spiro atoms. The lowest BCUT2D eigenvalue weighted by Gasteiger charge is -2.56. The SMILES string of the molecule is Cn1cc(CN2CC3(CNC3)C2)cn1. The summed E-state index contributed by atoms with van der Waals surface area (Å²) in [5, 5.41) is 7.53. The molecule has 14 heavy (non-hydrogen) atoms. The number of rotatable bonds is 2. The Hall–Kier alpha value is -0.870. The molecular weight excluding hydrogens is 176 g/mol. The van der Waals surface area contributed by atoms with E-state index >= 15 is 0 Å². The normalized spacial score (nSPS) is 24.6. The Kier molecular flexibility index (Phi) is 1.69. The maximum Gasteiger partial charge on any atom is 0.0534 e. The van der Waals surface area contributed by atoms with E-state index in [1.807, 2.05) is 17.9 Å². The molecule has 0 atom stereocenters. The van der Waals surface area contributed by atoms with Crippen LogP contribution in [0, 0.1) is 5.41 Å². The third-order valence-corrected chi connectivity index (χ3v) is 3.28. The van der Waals surface area contributed by atoms with Gasteiger partial charge in [0.1, 0.15) is 0 Å². The quantitative estimate of drug-likeness (QED) is 0.706.